The Morgan fingerprint density at radius 2 is 2.10 bits per heavy atom. The molecule has 0 saturated heterocycles. The van der Waals surface area contributed by atoms with Crippen molar-refractivity contribution >= 4 is 0 Å². The van der Waals surface area contributed by atoms with Gasteiger partial charge in [0.05, 0.1) is 5.69 Å². The highest BCUT2D eigenvalue weighted by Crippen LogP contribution is 2.20. The molecule has 0 fully saturated rings. The van der Waals surface area contributed by atoms with E-state index in [4.69, 9.17) is 0 Å². The fourth-order valence-electron chi connectivity index (χ4n) is 0.606. The van der Waals surface area contributed by atoms with Gasteiger partial charge in [-0.25, -0.2) is 0 Å². The van der Waals surface area contributed by atoms with Crippen LogP contribution in [0.5, 0.6) is 0 Å². The van der Waals surface area contributed by atoms with Gasteiger partial charge in [0.2, 0.25) is 0 Å². The van der Waals surface area contributed by atoms with E-state index >= 15 is 0 Å². The van der Waals surface area contributed by atoms with Crippen molar-refractivity contribution in [1.82, 2.24) is 5.16 Å². The van der Waals surface area contributed by atoms with E-state index in [0.29, 0.717) is 5.69 Å². The van der Waals surface area contributed by atoms with Gasteiger partial charge in [-0.15, -0.1) is 0 Å². The van der Waals surface area contributed by atoms with Crippen molar-refractivity contribution in [3.63, 3.8) is 0 Å². The van der Waals surface area contributed by atoms with Gasteiger partial charge >= 0.3 is 6.01 Å². The third-order valence-electron chi connectivity index (χ3n) is 1.25. The summed E-state index contributed by atoms with van der Waals surface area (Å²) in [7, 11) is 0. The molecule has 0 N–H and O–H groups in total. The van der Waals surface area contributed by atoms with Crippen LogP contribution < -0.4 is 0 Å². The van der Waals surface area contributed by atoms with Crippen LogP contribution in [0.15, 0.2) is 10.6 Å². The van der Waals surface area contributed by atoms with E-state index in [0.717, 1.165) is 0 Å². The van der Waals surface area contributed by atoms with E-state index in [-0.39, 0.29) is 5.41 Å². The molecule has 0 saturated carbocycles. The standard InChI is InChI=1S/C7H10FNO/c1-7(2,3)5-4-6(8)10-9-5/h4H,1-3H3. The fourth-order valence-corrected chi connectivity index (χ4v) is 0.606. The summed E-state index contributed by atoms with van der Waals surface area (Å²) >= 11 is 0. The van der Waals surface area contributed by atoms with Gasteiger partial charge in [-0.2, -0.15) is 4.39 Å². The maximum absolute atomic E-state index is 12.2. The highest BCUT2D eigenvalue weighted by Gasteiger charge is 2.18. The third kappa shape index (κ3) is 1.35. The Morgan fingerprint density at radius 1 is 1.50 bits per heavy atom. The Balaban J connectivity index is 2.96. The zero-order valence-corrected chi connectivity index (χ0v) is 6.31. The van der Waals surface area contributed by atoms with Crippen LogP contribution in [0.3, 0.4) is 0 Å². The van der Waals surface area contributed by atoms with Crippen LogP contribution in [-0.4, -0.2) is 5.16 Å². The minimum atomic E-state index is -0.620. The van der Waals surface area contributed by atoms with Crippen LogP contribution in [0.2, 0.25) is 0 Å². The smallest absolute Gasteiger partial charge is 0.306 e. The Labute approximate surface area is 59.0 Å². The van der Waals surface area contributed by atoms with E-state index in [9.17, 15) is 4.39 Å². The summed E-state index contributed by atoms with van der Waals surface area (Å²) < 4.78 is 16.5. The van der Waals surface area contributed by atoms with Crippen LogP contribution in [0, 0.1) is 6.01 Å². The maximum atomic E-state index is 12.2. The molecule has 0 bridgehead atoms. The molecular weight excluding hydrogens is 133 g/mol. The lowest BCUT2D eigenvalue weighted by Gasteiger charge is -2.12. The largest absolute Gasteiger partial charge is 0.326 e. The molecule has 2 nitrogen and oxygen atoms in total. The lowest BCUT2D eigenvalue weighted by molar-refractivity contribution is 0.275. The van der Waals surface area contributed by atoms with Gasteiger partial charge in [0.1, 0.15) is 0 Å². The summed E-state index contributed by atoms with van der Waals surface area (Å²) in [6.07, 6.45) is 0. The molecule has 0 radical (unpaired) electrons. The number of aromatic nitrogens is 1. The minimum absolute atomic E-state index is 0.131. The number of halogens is 1. The first kappa shape index (κ1) is 7.25. The molecule has 0 spiro atoms. The predicted octanol–water partition coefficient (Wildman–Crippen LogP) is 2.11. The average molecular weight is 143 g/mol. The molecule has 0 aromatic carbocycles. The quantitative estimate of drug-likeness (QED) is 0.556. The first-order chi connectivity index (χ1) is 4.50. The molecule has 3 heteroatoms. The van der Waals surface area contributed by atoms with Gasteiger partial charge < -0.3 is 4.52 Å². The van der Waals surface area contributed by atoms with E-state index < -0.39 is 6.01 Å². The summed E-state index contributed by atoms with van der Waals surface area (Å²) in [5.41, 5.74) is 0.512. The predicted molar refractivity (Wildman–Crippen MR) is 35.2 cm³/mol. The topological polar surface area (TPSA) is 26.0 Å². The highest BCUT2D eigenvalue weighted by molar-refractivity contribution is 5.08. The van der Waals surface area contributed by atoms with Crippen molar-refractivity contribution < 1.29 is 8.91 Å². The number of rotatable bonds is 0. The Hall–Kier alpha value is -0.860. The molecule has 1 aromatic rings. The molecule has 0 unspecified atom stereocenters. The first-order valence-corrected chi connectivity index (χ1v) is 3.13. The average Bonchev–Trinajstić information content (AvgIpc) is 2.11. The van der Waals surface area contributed by atoms with Gasteiger partial charge in [0.15, 0.2) is 0 Å². The minimum Gasteiger partial charge on any atom is -0.326 e. The maximum Gasteiger partial charge on any atom is 0.306 e. The fraction of sp³-hybridized carbons (Fsp3) is 0.571. The highest BCUT2D eigenvalue weighted by atomic mass is 19.1. The SMILES string of the molecule is CC(C)(C)c1cc(F)on1. The summed E-state index contributed by atoms with van der Waals surface area (Å²) in [6.45, 7) is 5.85. The van der Waals surface area contributed by atoms with Crippen LogP contribution in [0.25, 0.3) is 0 Å². The zero-order chi connectivity index (χ0) is 7.78. The summed E-state index contributed by atoms with van der Waals surface area (Å²) in [4.78, 5) is 0. The lowest BCUT2D eigenvalue weighted by atomic mass is 9.93. The molecule has 1 rings (SSSR count). The molecule has 1 aromatic heterocycles. The van der Waals surface area contributed by atoms with Gasteiger partial charge in [-0.05, 0) is 0 Å². The second-order valence-corrected chi connectivity index (χ2v) is 3.27. The first-order valence-electron chi connectivity index (χ1n) is 3.13. The third-order valence-corrected chi connectivity index (χ3v) is 1.25. The van der Waals surface area contributed by atoms with E-state index in [1.807, 2.05) is 20.8 Å². The Bertz CT molecular complexity index is 224. The Morgan fingerprint density at radius 3 is 2.30 bits per heavy atom. The van der Waals surface area contributed by atoms with Crippen LogP contribution in [-0.2, 0) is 5.41 Å². The zero-order valence-electron chi connectivity index (χ0n) is 6.31. The normalized spacial score (nSPS) is 12.0. The van der Waals surface area contributed by atoms with Gasteiger partial charge in [0, 0.05) is 11.5 Å². The van der Waals surface area contributed by atoms with Gasteiger partial charge in [-0.3, -0.25) is 0 Å². The summed E-state index contributed by atoms with van der Waals surface area (Å²) in [5, 5.41) is 3.54. The van der Waals surface area contributed by atoms with Gasteiger partial charge in [-0.1, -0.05) is 25.9 Å². The van der Waals surface area contributed by atoms with Crippen molar-refractivity contribution in [2.45, 2.75) is 26.2 Å². The summed E-state index contributed by atoms with van der Waals surface area (Å²) in [5.74, 6) is 0. The van der Waals surface area contributed by atoms with Crippen LogP contribution >= 0.6 is 0 Å². The molecule has 1 heterocycles. The number of hydrogen-bond acceptors (Lipinski definition) is 2. The van der Waals surface area contributed by atoms with Crippen molar-refractivity contribution in [3.05, 3.63) is 17.8 Å². The number of nitrogens with zero attached hydrogens (tertiary/aromatic N) is 1. The molecule has 0 atom stereocenters. The van der Waals surface area contributed by atoms with E-state index in [2.05, 4.69) is 9.68 Å². The summed E-state index contributed by atoms with van der Waals surface area (Å²) in [6, 6.07) is 0.685. The molecular formula is C7H10FNO. The Kier molecular flexibility index (Phi) is 1.50. The number of hydrogen-bond donors (Lipinski definition) is 0. The lowest BCUT2D eigenvalue weighted by Crippen LogP contribution is -2.10. The monoisotopic (exact) mass is 143 g/mol. The van der Waals surface area contributed by atoms with Crippen LogP contribution in [0.4, 0.5) is 4.39 Å². The molecule has 0 aliphatic rings. The molecule has 0 aliphatic carbocycles. The van der Waals surface area contributed by atoms with Crippen molar-refractivity contribution in [2.75, 3.05) is 0 Å². The molecule has 0 aliphatic heterocycles. The molecule has 0 amide bonds. The van der Waals surface area contributed by atoms with Gasteiger partial charge in [0.25, 0.3) is 0 Å². The van der Waals surface area contributed by atoms with Crippen molar-refractivity contribution in [2.24, 2.45) is 0 Å². The van der Waals surface area contributed by atoms with Crippen molar-refractivity contribution in [1.29, 1.82) is 0 Å². The molecule has 56 valence electrons. The second kappa shape index (κ2) is 2.08. The second-order valence-electron chi connectivity index (χ2n) is 3.27. The van der Waals surface area contributed by atoms with E-state index in [1.165, 1.54) is 6.07 Å². The molecule has 10 heavy (non-hydrogen) atoms. The van der Waals surface area contributed by atoms with E-state index in [1.54, 1.807) is 0 Å². The van der Waals surface area contributed by atoms with Crippen molar-refractivity contribution in [3.8, 4) is 0 Å². The van der Waals surface area contributed by atoms with Crippen LogP contribution in [0.1, 0.15) is 26.5 Å².